The molecule has 2 aromatic carbocycles. The number of aryl methyl sites for hydroxylation is 2. The Hall–Kier alpha value is -3.34. The number of ether oxygens (including phenoxy) is 2. The van der Waals surface area contributed by atoms with Crippen LogP contribution in [0, 0.1) is 37.5 Å². The van der Waals surface area contributed by atoms with E-state index < -0.39 is 23.1 Å². The third-order valence-corrected chi connectivity index (χ3v) is 11.0. The van der Waals surface area contributed by atoms with Crippen molar-refractivity contribution in [1.29, 1.82) is 0 Å². The highest BCUT2D eigenvalue weighted by Crippen LogP contribution is 2.66. The van der Waals surface area contributed by atoms with E-state index in [0.29, 0.717) is 30.9 Å². The Morgan fingerprint density at radius 1 is 1.14 bits per heavy atom. The van der Waals surface area contributed by atoms with Gasteiger partial charge in [-0.2, -0.15) is 0 Å². The van der Waals surface area contributed by atoms with E-state index >= 15 is 0 Å². The highest BCUT2D eigenvalue weighted by molar-refractivity contribution is 5.94. The Morgan fingerprint density at radius 2 is 1.93 bits per heavy atom. The van der Waals surface area contributed by atoms with Gasteiger partial charge in [-0.15, -0.1) is 0 Å². The number of amides is 1. The fraction of sp³-hybridized carbons (Fsp3) is 0.568. The zero-order valence-electron chi connectivity index (χ0n) is 26.6. The van der Waals surface area contributed by atoms with E-state index in [2.05, 4.69) is 50.5 Å². The van der Waals surface area contributed by atoms with Gasteiger partial charge in [-0.25, -0.2) is 0 Å². The summed E-state index contributed by atoms with van der Waals surface area (Å²) >= 11 is 0. The van der Waals surface area contributed by atoms with Crippen molar-refractivity contribution >= 4 is 11.9 Å². The van der Waals surface area contributed by atoms with E-state index in [1.54, 1.807) is 0 Å². The van der Waals surface area contributed by atoms with Crippen LogP contribution in [-0.4, -0.2) is 70.2 Å². The summed E-state index contributed by atoms with van der Waals surface area (Å²) in [6, 6.07) is 9.63. The minimum Gasteiger partial charge on any atom is -0.483 e. The van der Waals surface area contributed by atoms with Crippen LogP contribution in [0.5, 0.6) is 11.5 Å². The summed E-state index contributed by atoms with van der Waals surface area (Å²) in [5.41, 5.74) is 3.60. The first kappa shape index (κ1) is 29.4. The molecule has 2 heterocycles. The molecular weight excluding hydrogens is 552 g/mol. The molecule has 5 aliphatic rings. The van der Waals surface area contributed by atoms with Gasteiger partial charge in [-0.05, 0) is 106 Å². The van der Waals surface area contributed by atoms with Gasteiger partial charge in [0.2, 0.25) is 0 Å². The predicted octanol–water partition coefficient (Wildman–Crippen LogP) is 4.70. The zero-order valence-corrected chi connectivity index (χ0v) is 26.6. The first-order valence-electron chi connectivity index (χ1n) is 16.4. The topological polar surface area (TPSA) is 79.3 Å². The summed E-state index contributed by atoms with van der Waals surface area (Å²) in [6.07, 6.45) is 4.73. The van der Waals surface area contributed by atoms with Crippen molar-refractivity contribution in [2.24, 2.45) is 11.8 Å². The summed E-state index contributed by atoms with van der Waals surface area (Å²) in [7, 11) is 0. The molecule has 1 N–H and O–H groups in total. The van der Waals surface area contributed by atoms with Crippen molar-refractivity contribution in [3.63, 3.8) is 0 Å². The summed E-state index contributed by atoms with van der Waals surface area (Å²) in [6.45, 7) is 12.2. The lowest BCUT2D eigenvalue weighted by atomic mass is 9.48. The molecule has 2 aromatic rings. The number of benzene rings is 2. The predicted molar refractivity (Wildman–Crippen MR) is 168 cm³/mol. The second-order valence-corrected chi connectivity index (χ2v) is 14.4. The molecule has 0 unspecified atom stereocenters. The van der Waals surface area contributed by atoms with Crippen LogP contribution in [0.25, 0.3) is 0 Å². The molecule has 2 bridgehead atoms. The number of hydrogen-bond donors (Lipinski definition) is 1. The second-order valence-electron chi connectivity index (χ2n) is 14.4. The van der Waals surface area contributed by atoms with Crippen LogP contribution in [-0.2, 0) is 21.4 Å². The number of carbonyl (C=O) groups is 2. The highest BCUT2D eigenvalue weighted by Gasteiger charge is 2.73. The standard InChI is InChI=1S/C37H44N2O5/c1-22(2)20-39(32(41)13-10-26-7-6-23(3)24(4)18-26)29-14-15-37(42)31-19-28-11-12-30(43-25(5)40)34-33(28)36(37,35(29)44-34)16-17-38(31)21-27-8-9-27/h6-7,11-12,18,22,27,29,31,35,42H,8-9,14-17,19-21H2,1-5H3/t29-,31-,35+,36+,37-/m1/s1. The van der Waals surface area contributed by atoms with Gasteiger partial charge in [-0.1, -0.05) is 31.9 Å². The van der Waals surface area contributed by atoms with Gasteiger partial charge in [0.25, 0.3) is 5.91 Å². The average Bonchev–Trinajstić information content (AvgIpc) is 3.71. The SMILES string of the molecule is CC(=O)Oc1ccc2c3c1O[C@H]1[C@H](N(CC(C)C)C(=O)C#Cc4ccc(C)c(C)c4)CC[C@@]4(O)[C@@H](C2)N(CC2CC2)CC[C@]314. The molecule has 1 spiro atoms. The van der Waals surface area contributed by atoms with Gasteiger partial charge < -0.3 is 19.5 Å². The number of likely N-dealkylation sites (tertiary alicyclic amines) is 1. The number of esters is 1. The Kier molecular flexibility index (Phi) is 7.10. The molecule has 1 saturated heterocycles. The average molecular weight is 597 g/mol. The van der Waals surface area contributed by atoms with E-state index in [4.69, 9.17) is 9.47 Å². The van der Waals surface area contributed by atoms with Gasteiger partial charge in [0.15, 0.2) is 11.5 Å². The first-order valence-corrected chi connectivity index (χ1v) is 16.4. The van der Waals surface area contributed by atoms with Crippen LogP contribution in [0.2, 0.25) is 0 Å². The van der Waals surface area contributed by atoms with Gasteiger partial charge in [0, 0.05) is 43.1 Å². The smallest absolute Gasteiger partial charge is 0.308 e. The number of nitrogens with zero attached hydrogens (tertiary/aromatic N) is 2. The van der Waals surface area contributed by atoms with Crippen LogP contribution < -0.4 is 9.47 Å². The Labute approximate surface area is 260 Å². The van der Waals surface area contributed by atoms with Crippen LogP contribution in [0.15, 0.2) is 30.3 Å². The molecule has 0 radical (unpaired) electrons. The molecule has 0 aromatic heterocycles. The Bertz CT molecular complexity index is 1580. The molecule has 5 atom stereocenters. The maximum atomic E-state index is 14.0. The molecule has 7 heteroatoms. The quantitative estimate of drug-likeness (QED) is 0.296. The van der Waals surface area contributed by atoms with Crippen LogP contribution in [0.4, 0.5) is 0 Å². The fourth-order valence-electron chi connectivity index (χ4n) is 8.78. The third-order valence-electron chi connectivity index (χ3n) is 11.0. The number of carbonyl (C=O) groups excluding carboxylic acids is 2. The minimum atomic E-state index is -1.01. The zero-order chi connectivity index (χ0) is 31.0. The van der Waals surface area contributed by atoms with Crippen LogP contribution in [0.3, 0.4) is 0 Å². The molecule has 232 valence electrons. The third kappa shape index (κ3) is 4.56. The van der Waals surface area contributed by atoms with Gasteiger partial charge in [0.1, 0.15) is 6.10 Å². The van der Waals surface area contributed by atoms with Crippen molar-refractivity contribution in [2.45, 2.75) is 102 Å². The highest BCUT2D eigenvalue weighted by atomic mass is 16.6. The maximum Gasteiger partial charge on any atom is 0.308 e. The Balaban J connectivity index is 1.31. The monoisotopic (exact) mass is 596 g/mol. The van der Waals surface area contributed by atoms with Crippen LogP contribution >= 0.6 is 0 Å². The van der Waals surface area contributed by atoms with Crippen molar-refractivity contribution < 1.29 is 24.2 Å². The van der Waals surface area contributed by atoms with E-state index in [9.17, 15) is 14.7 Å². The lowest BCUT2D eigenvalue weighted by Gasteiger charge is -2.64. The molecule has 2 saturated carbocycles. The summed E-state index contributed by atoms with van der Waals surface area (Å²) < 4.78 is 12.6. The number of hydrogen-bond acceptors (Lipinski definition) is 6. The van der Waals surface area contributed by atoms with Gasteiger partial charge in [0.05, 0.1) is 17.1 Å². The van der Waals surface area contributed by atoms with E-state index in [1.165, 1.54) is 25.3 Å². The largest absolute Gasteiger partial charge is 0.483 e. The molecule has 7 rings (SSSR count). The lowest BCUT2D eigenvalue weighted by Crippen LogP contribution is -2.78. The number of piperidine rings is 1. The number of aliphatic hydroxyl groups is 1. The fourth-order valence-corrected chi connectivity index (χ4v) is 8.78. The second kappa shape index (κ2) is 10.6. The molecule has 2 aliphatic heterocycles. The summed E-state index contributed by atoms with van der Waals surface area (Å²) in [5, 5.41) is 12.9. The minimum absolute atomic E-state index is 0.0132. The molecule has 3 aliphatic carbocycles. The molecule has 7 nitrogen and oxygen atoms in total. The van der Waals surface area contributed by atoms with Crippen molar-refractivity contribution in [1.82, 2.24) is 9.80 Å². The van der Waals surface area contributed by atoms with Crippen LogP contribution in [0.1, 0.15) is 80.7 Å². The molecule has 44 heavy (non-hydrogen) atoms. The molecule has 3 fully saturated rings. The Morgan fingerprint density at radius 3 is 2.64 bits per heavy atom. The van der Waals surface area contributed by atoms with E-state index in [-0.39, 0.29) is 23.9 Å². The van der Waals surface area contributed by atoms with Gasteiger partial charge in [-0.3, -0.25) is 14.5 Å². The number of rotatable bonds is 6. The maximum absolute atomic E-state index is 14.0. The molecule has 1 amide bonds. The van der Waals surface area contributed by atoms with Crippen molar-refractivity contribution in [3.8, 4) is 23.3 Å². The van der Waals surface area contributed by atoms with Crippen molar-refractivity contribution in [3.05, 3.63) is 58.1 Å². The van der Waals surface area contributed by atoms with E-state index in [1.807, 2.05) is 29.2 Å². The first-order chi connectivity index (χ1) is 21.0. The normalized spacial score (nSPS) is 29.8. The summed E-state index contributed by atoms with van der Waals surface area (Å²) in [4.78, 5) is 30.6. The van der Waals surface area contributed by atoms with Crippen molar-refractivity contribution in [2.75, 3.05) is 19.6 Å². The van der Waals surface area contributed by atoms with E-state index in [0.717, 1.165) is 54.1 Å². The lowest BCUT2D eigenvalue weighted by molar-refractivity contribution is -0.201. The molecular formula is C37H44N2O5. The van der Waals surface area contributed by atoms with Gasteiger partial charge >= 0.3 is 5.97 Å². The summed E-state index contributed by atoms with van der Waals surface area (Å²) in [5.74, 6) is 7.37.